The number of hydrogen-bond donors (Lipinski definition) is 1. The SMILES string of the molecule is COCC1CCN(c2nc(C(C)N)cs2)C1. The highest BCUT2D eigenvalue weighted by molar-refractivity contribution is 7.13. The Labute approximate surface area is 100 Å². The zero-order valence-corrected chi connectivity index (χ0v) is 10.7. The van der Waals surface area contributed by atoms with Crippen molar-refractivity contribution in [3.05, 3.63) is 11.1 Å². The van der Waals surface area contributed by atoms with Crippen molar-refractivity contribution in [2.24, 2.45) is 11.7 Å². The molecule has 2 unspecified atom stereocenters. The molecule has 0 amide bonds. The number of methoxy groups -OCH3 is 1. The van der Waals surface area contributed by atoms with E-state index in [9.17, 15) is 0 Å². The monoisotopic (exact) mass is 241 g/mol. The van der Waals surface area contributed by atoms with Crippen molar-refractivity contribution in [3.63, 3.8) is 0 Å². The van der Waals surface area contributed by atoms with Gasteiger partial charge in [-0.2, -0.15) is 0 Å². The van der Waals surface area contributed by atoms with Gasteiger partial charge in [0.1, 0.15) is 0 Å². The van der Waals surface area contributed by atoms with Gasteiger partial charge in [0, 0.05) is 37.5 Å². The molecule has 0 aromatic carbocycles. The second kappa shape index (κ2) is 5.12. The Bertz CT molecular complexity index is 340. The van der Waals surface area contributed by atoms with Gasteiger partial charge in [0.05, 0.1) is 12.3 Å². The predicted octanol–water partition coefficient (Wildman–Crippen LogP) is 1.64. The normalized spacial score (nSPS) is 22.7. The molecule has 16 heavy (non-hydrogen) atoms. The third-order valence-electron chi connectivity index (χ3n) is 2.94. The molecular formula is C11H19N3OS. The molecule has 4 nitrogen and oxygen atoms in total. The first-order valence-corrected chi connectivity index (χ1v) is 6.53. The minimum atomic E-state index is 0.0300. The molecule has 1 aliphatic rings. The minimum absolute atomic E-state index is 0.0300. The highest BCUT2D eigenvalue weighted by Crippen LogP contribution is 2.28. The maximum Gasteiger partial charge on any atom is 0.185 e. The zero-order valence-electron chi connectivity index (χ0n) is 9.85. The van der Waals surface area contributed by atoms with Crippen LogP contribution in [0.4, 0.5) is 5.13 Å². The van der Waals surface area contributed by atoms with Crippen molar-refractivity contribution in [1.29, 1.82) is 0 Å². The fourth-order valence-corrected chi connectivity index (χ4v) is 2.98. The summed E-state index contributed by atoms with van der Waals surface area (Å²) in [6.07, 6.45) is 1.20. The van der Waals surface area contributed by atoms with E-state index in [2.05, 4.69) is 15.3 Å². The number of nitrogens with zero attached hydrogens (tertiary/aromatic N) is 2. The number of ether oxygens (including phenoxy) is 1. The molecule has 2 rings (SSSR count). The summed E-state index contributed by atoms with van der Waals surface area (Å²) in [6.45, 7) is 4.96. The Kier molecular flexibility index (Phi) is 3.78. The van der Waals surface area contributed by atoms with E-state index in [0.717, 1.165) is 30.5 Å². The van der Waals surface area contributed by atoms with E-state index >= 15 is 0 Å². The Morgan fingerprint density at radius 3 is 3.19 bits per heavy atom. The van der Waals surface area contributed by atoms with Crippen LogP contribution >= 0.6 is 11.3 Å². The highest BCUT2D eigenvalue weighted by atomic mass is 32.1. The largest absolute Gasteiger partial charge is 0.384 e. The molecule has 0 radical (unpaired) electrons. The van der Waals surface area contributed by atoms with Crippen molar-refractivity contribution < 1.29 is 4.74 Å². The van der Waals surface area contributed by atoms with Gasteiger partial charge in [0.15, 0.2) is 5.13 Å². The molecule has 1 fully saturated rings. The molecule has 5 heteroatoms. The van der Waals surface area contributed by atoms with Crippen LogP contribution in [0.5, 0.6) is 0 Å². The fourth-order valence-electron chi connectivity index (χ4n) is 2.01. The number of hydrogen-bond acceptors (Lipinski definition) is 5. The van der Waals surface area contributed by atoms with Gasteiger partial charge in [-0.1, -0.05) is 0 Å². The predicted molar refractivity (Wildman–Crippen MR) is 66.9 cm³/mol. The van der Waals surface area contributed by atoms with E-state index in [0.29, 0.717) is 5.92 Å². The molecular weight excluding hydrogens is 222 g/mol. The average molecular weight is 241 g/mol. The molecule has 0 saturated carbocycles. The lowest BCUT2D eigenvalue weighted by Crippen LogP contribution is -2.21. The first kappa shape index (κ1) is 11.8. The third kappa shape index (κ3) is 2.53. The lowest BCUT2D eigenvalue weighted by molar-refractivity contribution is 0.161. The van der Waals surface area contributed by atoms with E-state index in [4.69, 9.17) is 10.5 Å². The highest BCUT2D eigenvalue weighted by Gasteiger charge is 2.24. The van der Waals surface area contributed by atoms with Gasteiger partial charge in [-0.15, -0.1) is 11.3 Å². The fraction of sp³-hybridized carbons (Fsp3) is 0.727. The van der Waals surface area contributed by atoms with Crippen LogP contribution in [-0.4, -0.2) is 31.8 Å². The number of rotatable bonds is 4. The van der Waals surface area contributed by atoms with Gasteiger partial charge in [-0.05, 0) is 13.3 Å². The van der Waals surface area contributed by atoms with Gasteiger partial charge in [0.25, 0.3) is 0 Å². The summed E-state index contributed by atoms with van der Waals surface area (Å²) in [6, 6.07) is 0.0300. The molecule has 1 aromatic rings. The van der Waals surface area contributed by atoms with Crippen molar-refractivity contribution in [1.82, 2.24) is 4.98 Å². The van der Waals surface area contributed by atoms with Crippen LogP contribution in [0.2, 0.25) is 0 Å². The van der Waals surface area contributed by atoms with Crippen LogP contribution in [0, 0.1) is 5.92 Å². The number of aromatic nitrogens is 1. The summed E-state index contributed by atoms with van der Waals surface area (Å²) < 4.78 is 5.19. The Morgan fingerprint density at radius 1 is 1.75 bits per heavy atom. The first-order chi connectivity index (χ1) is 7.70. The van der Waals surface area contributed by atoms with Crippen LogP contribution in [0.15, 0.2) is 5.38 Å². The van der Waals surface area contributed by atoms with Crippen molar-refractivity contribution in [3.8, 4) is 0 Å². The second-order valence-corrected chi connectivity index (χ2v) is 5.24. The van der Waals surface area contributed by atoms with Crippen molar-refractivity contribution in [2.75, 3.05) is 31.7 Å². The van der Waals surface area contributed by atoms with Gasteiger partial charge in [0.2, 0.25) is 0 Å². The Balaban J connectivity index is 1.97. The number of anilines is 1. The van der Waals surface area contributed by atoms with Gasteiger partial charge >= 0.3 is 0 Å². The lowest BCUT2D eigenvalue weighted by atomic mass is 10.1. The summed E-state index contributed by atoms with van der Waals surface area (Å²) in [5, 5.41) is 3.16. The topological polar surface area (TPSA) is 51.4 Å². The molecule has 2 heterocycles. The number of nitrogens with two attached hydrogens (primary N) is 1. The molecule has 0 aliphatic carbocycles. The molecule has 90 valence electrons. The van der Waals surface area contributed by atoms with E-state index in [-0.39, 0.29) is 6.04 Å². The van der Waals surface area contributed by atoms with E-state index in [1.165, 1.54) is 6.42 Å². The zero-order chi connectivity index (χ0) is 11.5. The molecule has 0 spiro atoms. The van der Waals surface area contributed by atoms with Crippen LogP contribution in [0.1, 0.15) is 25.1 Å². The maximum absolute atomic E-state index is 5.81. The second-order valence-electron chi connectivity index (χ2n) is 4.40. The standard InChI is InChI=1S/C11H19N3OS/c1-8(12)10-7-16-11(13-10)14-4-3-9(5-14)6-15-2/h7-9H,3-6,12H2,1-2H3. The quantitative estimate of drug-likeness (QED) is 0.870. The third-order valence-corrected chi connectivity index (χ3v) is 3.85. The lowest BCUT2D eigenvalue weighted by Gasteiger charge is -2.14. The maximum atomic E-state index is 5.81. The van der Waals surface area contributed by atoms with Gasteiger partial charge in [-0.3, -0.25) is 0 Å². The van der Waals surface area contributed by atoms with Gasteiger partial charge in [-0.25, -0.2) is 4.98 Å². The average Bonchev–Trinajstić information content (AvgIpc) is 2.84. The minimum Gasteiger partial charge on any atom is -0.384 e. The molecule has 1 saturated heterocycles. The van der Waals surface area contributed by atoms with Crippen molar-refractivity contribution in [2.45, 2.75) is 19.4 Å². The van der Waals surface area contributed by atoms with Crippen molar-refractivity contribution >= 4 is 16.5 Å². The van der Waals surface area contributed by atoms with Gasteiger partial charge < -0.3 is 15.4 Å². The summed E-state index contributed by atoms with van der Waals surface area (Å²) in [5.41, 5.74) is 6.80. The van der Waals surface area contributed by atoms with E-state index < -0.39 is 0 Å². The van der Waals surface area contributed by atoms with E-state index in [1.54, 1.807) is 18.4 Å². The molecule has 2 N–H and O–H groups in total. The first-order valence-electron chi connectivity index (χ1n) is 5.65. The Morgan fingerprint density at radius 2 is 2.56 bits per heavy atom. The van der Waals surface area contributed by atoms with E-state index in [1.807, 2.05) is 6.92 Å². The molecule has 2 atom stereocenters. The summed E-state index contributed by atoms with van der Waals surface area (Å²) in [7, 11) is 1.76. The van der Waals surface area contributed by atoms with Crippen LogP contribution in [0.25, 0.3) is 0 Å². The number of thiazole rings is 1. The van der Waals surface area contributed by atoms with Crippen LogP contribution in [0.3, 0.4) is 0 Å². The smallest absolute Gasteiger partial charge is 0.185 e. The van der Waals surface area contributed by atoms with Crippen LogP contribution in [-0.2, 0) is 4.74 Å². The summed E-state index contributed by atoms with van der Waals surface area (Å²) >= 11 is 1.69. The van der Waals surface area contributed by atoms with Crippen LogP contribution < -0.4 is 10.6 Å². The summed E-state index contributed by atoms with van der Waals surface area (Å²) in [4.78, 5) is 6.90. The Hall–Kier alpha value is -0.650. The molecule has 0 bridgehead atoms. The molecule has 1 aromatic heterocycles. The molecule has 1 aliphatic heterocycles. The summed E-state index contributed by atoms with van der Waals surface area (Å²) in [5.74, 6) is 0.646.